The molecule has 5 rings (SSSR count). The van der Waals surface area contributed by atoms with Crippen LogP contribution >= 0.6 is 0 Å². The fraction of sp³-hybridized carbons (Fsp3) is 0.167. The second-order valence-corrected chi connectivity index (χ2v) is 7.18. The van der Waals surface area contributed by atoms with Gasteiger partial charge in [-0.1, -0.05) is 30.4 Å². The Morgan fingerprint density at radius 2 is 1.90 bits per heavy atom. The molecule has 2 aromatic heterocycles. The first-order valence-electron chi connectivity index (χ1n) is 9.87. The first kappa shape index (κ1) is 18.2. The minimum Gasteiger partial charge on any atom is -0.486 e. The van der Waals surface area contributed by atoms with Gasteiger partial charge in [-0.25, -0.2) is 4.52 Å². The summed E-state index contributed by atoms with van der Waals surface area (Å²) in [5.74, 6) is 1.34. The van der Waals surface area contributed by atoms with E-state index in [0.717, 1.165) is 28.0 Å². The van der Waals surface area contributed by atoms with Crippen LogP contribution in [-0.4, -0.2) is 33.2 Å². The zero-order valence-electron chi connectivity index (χ0n) is 16.7. The third-order valence-corrected chi connectivity index (χ3v) is 5.24. The van der Waals surface area contributed by atoms with Crippen LogP contribution in [0.2, 0.25) is 0 Å². The van der Waals surface area contributed by atoms with E-state index in [2.05, 4.69) is 16.2 Å². The van der Waals surface area contributed by atoms with Crippen molar-refractivity contribution in [3.05, 3.63) is 78.0 Å². The maximum Gasteiger partial charge on any atom is 0.191 e. The molecule has 6 nitrogen and oxygen atoms in total. The molecule has 2 aromatic carbocycles. The molecule has 0 saturated carbocycles. The number of allylic oxidation sites excluding steroid dienone is 2. The Morgan fingerprint density at radius 3 is 2.70 bits per heavy atom. The Hall–Kier alpha value is -3.80. The minimum absolute atomic E-state index is 0.0921. The van der Waals surface area contributed by atoms with Crippen molar-refractivity contribution in [3.8, 4) is 11.5 Å². The number of aromatic nitrogens is 3. The van der Waals surface area contributed by atoms with E-state index in [0.29, 0.717) is 36.8 Å². The van der Waals surface area contributed by atoms with Crippen molar-refractivity contribution in [1.29, 1.82) is 0 Å². The van der Waals surface area contributed by atoms with Crippen LogP contribution in [0.1, 0.15) is 21.6 Å². The van der Waals surface area contributed by atoms with Gasteiger partial charge in [-0.3, -0.25) is 4.79 Å². The number of ketones is 1. The number of rotatable bonds is 5. The van der Waals surface area contributed by atoms with Gasteiger partial charge in [0.1, 0.15) is 18.9 Å². The second kappa shape index (κ2) is 7.22. The van der Waals surface area contributed by atoms with E-state index in [4.69, 9.17) is 9.47 Å². The van der Waals surface area contributed by atoms with Gasteiger partial charge in [-0.15, -0.1) is 6.58 Å². The average Bonchev–Trinajstić information content (AvgIpc) is 3.26. The largest absolute Gasteiger partial charge is 0.486 e. The van der Waals surface area contributed by atoms with Crippen LogP contribution in [0, 0.1) is 6.92 Å². The molecule has 0 amide bonds. The van der Waals surface area contributed by atoms with E-state index < -0.39 is 0 Å². The number of fused-ring (bicyclic) bond motifs is 4. The Balaban J connectivity index is 1.57. The molecule has 0 radical (unpaired) electrons. The number of carbonyl (C=O) groups excluding carboxylic acids is 1. The molecule has 6 heteroatoms. The number of hydrogen-bond donors (Lipinski definition) is 0. The van der Waals surface area contributed by atoms with Crippen LogP contribution in [-0.2, 0) is 6.54 Å². The molecular formula is C24H21N3O3. The van der Waals surface area contributed by atoms with E-state index in [1.165, 1.54) is 0 Å². The van der Waals surface area contributed by atoms with E-state index in [9.17, 15) is 4.79 Å². The molecule has 150 valence electrons. The predicted octanol–water partition coefficient (Wildman–Crippen LogP) is 4.45. The standard InChI is InChI=1S/C24H21N3O3/c1-3-12-26-18-6-4-5-7-19(18)27-24(26)23(16(2)25-27)20(28)10-8-17-9-11-21-22(15-17)30-14-13-29-21/h3-11,15H,1,12-14H2,2H3/b10-8+. The number of aryl methyl sites for hydroxylation is 1. The summed E-state index contributed by atoms with van der Waals surface area (Å²) in [6, 6.07) is 13.7. The van der Waals surface area contributed by atoms with Gasteiger partial charge in [0.15, 0.2) is 17.3 Å². The molecule has 3 heterocycles. The van der Waals surface area contributed by atoms with Crippen molar-refractivity contribution in [3.63, 3.8) is 0 Å². The van der Waals surface area contributed by atoms with Gasteiger partial charge in [-0.2, -0.15) is 5.10 Å². The van der Waals surface area contributed by atoms with Gasteiger partial charge < -0.3 is 14.0 Å². The number of carbonyl (C=O) groups is 1. The van der Waals surface area contributed by atoms with Gasteiger partial charge in [0.05, 0.1) is 22.3 Å². The third-order valence-electron chi connectivity index (χ3n) is 5.24. The molecule has 0 spiro atoms. The molecule has 0 bridgehead atoms. The smallest absolute Gasteiger partial charge is 0.191 e. The number of imidazole rings is 1. The van der Waals surface area contributed by atoms with Crippen molar-refractivity contribution in [2.24, 2.45) is 0 Å². The highest BCUT2D eigenvalue weighted by Crippen LogP contribution is 2.31. The first-order chi connectivity index (χ1) is 14.7. The maximum atomic E-state index is 13.2. The van der Waals surface area contributed by atoms with Crippen molar-refractivity contribution in [2.45, 2.75) is 13.5 Å². The summed E-state index contributed by atoms with van der Waals surface area (Å²) in [5.41, 5.74) is 4.94. The van der Waals surface area contributed by atoms with Gasteiger partial charge in [0, 0.05) is 6.54 Å². The highest BCUT2D eigenvalue weighted by Gasteiger charge is 2.22. The lowest BCUT2D eigenvalue weighted by Gasteiger charge is -2.18. The quantitative estimate of drug-likeness (QED) is 0.283. The molecule has 0 N–H and O–H groups in total. The van der Waals surface area contributed by atoms with Gasteiger partial charge >= 0.3 is 0 Å². The van der Waals surface area contributed by atoms with E-state index in [-0.39, 0.29) is 5.78 Å². The van der Waals surface area contributed by atoms with Crippen molar-refractivity contribution < 1.29 is 14.3 Å². The molecule has 0 saturated heterocycles. The fourth-order valence-electron chi connectivity index (χ4n) is 3.94. The summed E-state index contributed by atoms with van der Waals surface area (Å²) in [6.45, 7) is 7.41. The molecular weight excluding hydrogens is 378 g/mol. The monoisotopic (exact) mass is 399 g/mol. The first-order valence-corrected chi connectivity index (χ1v) is 9.87. The SMILES string of the molecule is C=CCn1c2ccccc2n2nc(C)c(C(=O)/C=C/c3ccc4c(c3)OCCO4)c12. The normalized spacial score (nSPS) is 13.4. The average molecular weight is 399 g/mol. The zero-order valence-corrected chi connectivity index (χ0v) is 16.7. The molecule has 0 unspecified atom stereocenters. The number of benzene rings is 2. The van der Waals surface area contributed by atoms with Crippen LogP contribution in [0.5, 0.6) is 11.5 Å². The number of nitrogens with zero attached hydrogens (tertiary/aromatic N) is 3. The van der Waals surface area contributed by atoms with E-state index in [1.807, 2.05) is 60.0 Å². The zero-order chi connectivity index (χ0) is 20.7. The molecule has 1 aliphatic rings. The van der Waals surface area contributed by atoms with Crippen LogP contribution < -0.4 is 9.47 Å². The fourth-order valence-corrected chi connectivity index (χ4v) is 3.94. The lowest BCUT2D eigenvalue weighted by Crippen LogP contribution is -2.15. The van der Waals surface area contributed by atoms with Gasteiger partial charge in [0.25, 0.3) is 0 Å². The third kappa shape index (κ3) is 2.88. The molecule has 30 heavy (non-hydrogen) atoms. The van der Waals surface area contributed by atoms with Crippen molar-refractivity contribution in [1.82, 2.24) is 14.2 Å². The molecule has 0 fully saturated rings. The van der Waals surface area contributed by atoms with Crippen LogP contribution in [0.3, 0.4) is 0 Å². The summed E-state index contributed by atoms with van der Waals surface area (Å²) >= 11 is 0. The highest BCUT2D eigenvalue weighted by molar-refractivity contribution is 6.12. The topological polar surface area (TPSA) is 57.8 Å². The molecule has 1 aliphatic heterocycles. The van der Waals surface area contributed by atoms with Gasteiger partial charge in [0.2, 0.25) is 0 Å². The van der Waals surface area contributed by atoms with Crippen LogP contribution in [0.4, 0.5) is 0 Å². The predicted molar refractivity (Wildman–Crippen MR) is 116 cm³/mol. The Bertz CT molecular complexity index is 1330. The maximum absolute atomic E-state index is 13.2. The van der Waals surface area contributed by atoms with Gasteiger partial charge in [-0.05, 0) is 42.8 Å². The summed E-state index contributed by atoms with van der Waals surface area (Å²) in [6.07, 6.45) is 5.21. The lowest BCUT2D eigenvalue weighted by atomic mass is 10.1. The molecule has 0 atom stereocenters. The number of hydrogen-bond acceptors (Lipinski definition) is 4. The Morgan fingerprint density at radius 1 is 1.13 bits per heavy atom. The summed E-state index contributed by atoms with van der Waals surface area (Å²) in [5, 5.41) is 4.65. The Labute approximate surface area is 173 Å². The van der Waals surface area contributed by atoms with Crippen LogP contribution in [0.15, 0.2) is 61.2 Å². The lowest BCUT2D eigenvalue weighted by molar-refractivity contribution is 0.104. The van der Waals surface area contributed by atoms with Crippen LogP contribution in [0.25, 0.3) is 22.8 Å². The number of ether oxygens (including phenoxy) is 2. The second-order valence-electron chi connectivity index (χ2n) is 7.18. The highest BCUT2D eigenvalue weighted by atomic mass is 16.6. The minimum atomic E-state index is -0.0921. The van der Waals surface area contributed by atoms with Crippen molar-refractivity contribution in [2.75, 3.05) is 13.2 Å². The van der Waals surface area contributed by atoms with Crippen molar-refractivity contribution >= 4 is 28.5 Å². The van der Waals surface area contributed by atoms with E-state index in [1.54, 1.807) is 12.2 Å². The molecule has 4 aromatic rings. The van der Waals surface area contributed by atoms with E-state index >= 15 is 0 Å². The summed E-state index contributed by atoms with van der Waals surface area (Å²) in [4.78, 5) is 13.2. The molecule has 0 aliphatic carbocycles. The summed E-state index contributed by atoms with van der Waals surface area (Å²) in [7, 11) is 0. The number of para-hydroxylation sites is 2. The summed E-state index contributed by atoms with van der Waals surface area (Å²) < 4.78 is 15.1. The Kier molecular flexibility index (Phi) is 4.39.